The number of hydrogen-bond donors (Lipinski definition) is 0. The molecule has 0 heterocycles. The molecule has 0 aliphatic rings. The van der Waals surface area contributed by atoms with E-state index in [0.29, 0.717) is 0 Å². The standard InChI is InChI=1S/C15H15N/c1-2-16-15(13-9-5-3-6-10-13)14-11-7-4-8-12-14/h3-12H,2H2,1H3. The van der Waals surface area contributed by atoms with Gasteiger partial charge in [-0.3, -0.25) is 4.99 Å². The van der Waals surface area contributed by atoms with Gasteiger partial charge in [-0.15, -0.1) is 0 Å². The molecule has 0 aliphatic carbocycles. The monoisotopic (exact) mass is 209 g/mol. The van der Waals surface area contributed by atoms with Crippen molar-refractivity contribution in [2.75, 3.05) is 6.54 Å². The van der Waals surface area contributed by atoms with Crippen LogP contribution in [-0.4, -0.2) is 12.3 Å². The Bertz CT molecular complexity index is 416. The maximum Gasteiger partial charge on any atom is 0.0718 e. The minimum absolute atomic E-state index is 0.805. The van der Waals surface area contributed by atoms with Gasteiger partial charge in [0.25, 0.3) is 0 Å². The van der Waals surface area contributed by atoms with E-state index in [9.17, 15) is 0 Å². The zero-order chi connectivity index (χ0) is 11.2. The highest BCUT2D eigenvalue weighted by molar-refractivity contribution is 6.12. The van der Waals surface area contributed by atoms with Crippen molar-refractivity contribution < 1.29 is 0 Å². The van der Waals surface area contributed by atoms with Crippen LogP contribution in [0.5, 0.6) is 0 Å². The lowest BCUT2D eigenvalue weighted by Crippen LogP contribution is -2.03. The van der Waals surface area contributed by atoms with Crippen LogP contribution in [0.2, 0.25) is 0 Å². The van der Waals surface area contributed by atoms with Crippen LogP contribution in [-0.2, 0) is 0 Å². The molecule has 0 fully saturated rings. The highest BCUT2D eigenvalue weighted by Crippen LogP contribution is 2.10. The average Bonchev–Trinajstić information content (AvgIpc) is 2.38. The van der Waals surface area contributed by atoms with Crippen molar-refractivity contribution in [1.29, 1.82) is 0 Å². The first-order chi connectivity index (χ1) is 7.92. The summed E-state index contributed by atoms with van der Waals surface area (Å²) in [5.74, 6) is 0. The quantitative estimate of drug-likeness (QED) is 0.685. The molecule has 0 spiro atoms. The largest absolute Gasteiger partial charge is 0.284 e. The topological polar surface area (TPSA) is 12.4 Å². The average molecular weight is 209 g/mol. The molecule has 0 aliphatic heterocycles. The second-order valence-corrected chi connectivity index (χ2v) is 3.55. The molecular weight excluding hydrogens is 194 g/mol. The second kappa shape index (κ2) is 5.26. The number of aliphatic imine (C=N–C) groups is 1. The van der Waals surface area contributed by atoms with Crippen LogP contribution in [0.3, 0.4) is 0 Å². The van der Waals surface area contributed by atoms with Crippen LogP contribution in [0, 0.1) is 0 Å². The summed E-state index contributed by atoms with van der Waals surface area (Å²) in [6.45, 7) is 2.87. The number of benzene rings is 2. The first-order valence-corrected chi connectivity index (χ1v) is 5.57. The van der Waals surface area contributed by atoms with Gasteiger partial charge < -0.3 is 0 Å². The summed E-state index contributed by atoms with van der Waals surface area (Å²) in [6.07, 6.45) is 0. The van der Waals surface area contributed by atoms with Crippen LogP contribution in [0.1, 0.15) is 18.1 Å². The minimum atomic E-state index is 0.805. The van der Waals surface area contributed by atoms with E-state index in [1.54, 1.807) is 0 Å². The zero-order valence-electron chi connectivity index (χ0n) is 9.43. The fourth-order valence-electron chi connectivity index (χ4n) is 1.70. The zero-order valence-corrected chi connectivity index (χ0v) is 9.43. The SMILES string of the molecule is CCN=C(c1ccccc1)c1ccccc1. The van der Waals surface area contributed by atoms with Crippen LogP contribution < -0.4 is 0 Å². The summed E-state index contributed by atoms with van der Waals surface area (Å²) < 4.78 is 0. The van der Waals surface area contributed by atoms with E-state index < -0.39 is 0 Å². The molecule has 80 valence electrons. The summed E-state index contributed by atoms with van der Waals surface area (Å²) in [5.41, 5.74) is 3.43. The Hall–Kier alpha value is -1.89. The van der Waals surface area contributed by atoms with Crippen molar-refractivity contribution in [3.05, 3.63) is 71.8 Å². The fraction of sp³-hybridized carbons (Fsp3) is 0.133. The molecule has 0 bridgehead atoms. The van der Waals surface area contributed by atoms with Crippen LogP contribution in [0.25, 0.3) is 0 Å². The Morgan fingerprint density at radius 3 is 1.62 bits per heavy atom. The number of hydrogen-bond acceptors (Lipinski definition) is 1. The van der Waals surface area contributed by atoms with Crippen molar-refractivity contribution in [2.24, 2.45) is 4.99 Å². The van der Waals surface area contributed by atoms with Gasteiger partial charge in [-0.2, -0.15) is 0 Å². The molecule has 0 amide bonds. The molecule has 2 rings (SSSR count). The van der Waals surface area contributed by atoms with Gasteiger partial charge in [0.1, 0.15) is 0 Å². The molecule has 0 atom stereocenters. The molecule has 1 nitrogen and oxygen atoms in total. The van der Waals surface area contributed by atoms with Crippen LogP contribution in [0.15, 0.2) is 65.7 Å². The first kappa shape index (κ1) is 10.6. The molecule has 16 heavy (non-hydrogen) atoms. The third-order valence-electron chi connectivity index (χ3n) is 2.41. The third-order valence-corrected chi connectivity index (χ3v) is 2.41. The maximum atomic E-state index is 4.58. The predicted molar refractivity (Wildman–Crippen MR) is 69.1 cm³/mol. The van der Waals surface area contributed by atoms with Crippen molar-refractivity contribution in [3.8, 4) is 0 Å². The van der Waals surface area contributed by atoms with E-state index in [1.165, 1.54) is 11.1 Å². The summed E-state index contributed by atoms with van der Waals surface area (Å²) in [7, 11) is 0. The van der Waals surface area contributed by atoms with Gasteiger partial charge in [-0.1, -0.05) is 60.7 Å². The van der Waals surface area contributed by atoms with Gasteiger partial charge in [-0.25, -0.2) is 0 Å². The number of nitrogens with zero attached hydrogens (tertiary/aromatic N) is 1. The molecule has 2 aromatic carbocycles. The molecule has 0 saturated heterocycles. The van der Waals surface area contributed by atoms with Gasteiger partial charge in [0, 0.05) is 17.7 Å². The fourth-order valence-corrected chi connectivity index (χ4v) is 1.70. The maximum absolute atomic E-state index is 4.58. The normalized spacial score (nSPS) is 9.81. The van der Waals surface area contributed by atoms with Crippen molar-refractivity contribution in [3.63, 3.8) is 0 Å². The van der Waals surface area contributed by atoms with Crippen molar-refractivity contribution >= 4 is 5.71 Å². The molecule has 0 radical (unpaired) electrons. The van der Waals surface area contributed by atoms with Crippen molar-refractivity contribution in [2.45, 2.75) is 6.92 Å². The molecule has 0 N–H and O–H groups in total. The highest BCUT2D eigenvalue weighted by Gasteiger charge is 2.04. The Morgan fingerprint density at radius 2 is 1.25 bits per heavy atom. The minimum Gasteiger partial charge on any atom is -0.284 e. The summed E-state index contributed by atoms with van der Waals surface area (Å²) in [6, 6.07) is 20.6. The van der Waals surface area contributed by atoms with Crippen LogP contribution >= 0.6 is 0 Å². The molecule has 0 unspecified atom stereocenters. The molecule has 1 heteroatoms. The summed E-state index contributed by atoms with van der Waals surface area (Å²) in [4.78, 5) is 4.58. The Labute approximate surface area is 96.5 Å². The van der Waals surface area contributed by atoms with Crippen molar-refractivity contribution in [1.82, 2.24) is 0 Å². The van der Waals surface area contributed by atoms with Gasteiger partial charge in [0.05, 0.1) is 5.71 Å². The first-order valence-electron chi connectivity index (χ1n) is 5.57. The Balaban J connectivity index is 2.44. The lowest BCUT2D eigenvalue weighted by Gasteiger charge is -2.06. The van der Waals surface area contributed by atoms with E-state index in [1.807, 2.05) is 36.4 Å². The molecule has 0 aromatic heterocycles. The number of rotatable bonds is 3. The van der Waals surface area contributed by atoms with Gasteiger partial charge in [-0.05, 0) is 6.92 Å². The summed E-state index contributed by atoms with van der Waals surface area (Å²) >= 11 is 0. The van der Waals surface area contributed by atoms with Gasteiger partial charge in [0.15, 0.2) is 0 Å². The Morgan fingerprint density at radius 1 is 0.812 bits per heavy atom. The highest BCUT2D eigenvalue weighted by atomic mass is 14.7. The van der Waals surface area contributed by atoms with Gasteiger partial charge >= 0.3 is 0 Å². The smallest absolute Gasteiger partial charge is 0.0718 e. The van der Waals surface area contributed by atoms with Crippen LogP contribution in [0.4, 0.5) is 0 Å². The molecule has 2 aromatic rings. The van der Waals surface area contributed by atoms with E-state index in [-0.39, 0.29) is 0 Å². The molecule has 0 saturated carbocycles. The predicted octanol–water partition coefficient (Wildman–Crippen LogP) is 3.54. The second-order valence-electron chi connectivity index (χ2n) is 3.55. The van der Waals surface area contributed by atoms with E-state index in [2.05, 4.69) is 36.2 Å². The Kier molecular flexibility index (Phi) is 3.50. The van der Waals surface area contributed by atoms with E-state index in [0.717, 1.165) is 12.3 Å². The summed E-state index contributed by atoms with van der Waals surface area (Å²) in [5, 5.41) is 0. The lowest BCUT2D eigenvalue weighted by atomic mass is 10.0. The van der Waals surface area contributed by atoms with E-state index >= 15 is 0 Å². The van der Waals surface area contributed by atoms with Gasteiger partial charge in [0.2, 0.25) is 0 Å². The lowest BCUT2D eigenvalue weighted by molar-refractivity contribution is 1.13. The molecular formula is C15H15N. The third kappa shape index (κ3) is 2.37. The van der Waals surface area contributed by atoms with E-state index in [4.69, 9.17) is 0 Å².